The van der Waals surface area contributed by atoms with Crippen molar-refractivity contribution in [1.29, 1.82) is 0 Å². The van der Waals surface area contributed by atoms with E-state index in [9.17, 15) is 9.90 Å². The molecule has 2 rings (SSSR count). The van der Waals surface area contributed by atoms with Crippen LogP contribution in [-0.2, 0) is 6.42 Å². The van der Waals surface area contributed by atoms with E-state index in [2.05, 4.69) is 5.32 Å². The summed E-state index contributed by atoms with van der Waals surface area (Å²) in [4.78, 5) is 11.9. The molecule has 2 aromatic carbocycles. The number of amides is 1. The smallest absolute Gasteiger partial charge is 0.251 e. The summed E-state index contributed by atoms with van der Waals surface area (Å²) in [5, 5.41) is 12.0. The second kappa shape index (κ2) is 6.10. The van der Waals surface area contributed by atoms with Crippen LogP contribution < -0.4 is 11.1 Å². The molecular formula is C16H18N2O2. The summed E-state index contributed by atoms with van der Waals surface area (Å²) in [6.07, 6.45) is 0.716. The largest absolute Gasteiger partial charge is 0.508 e. The Hall–Kier alpha value is -2.49. The number of nitrogen functional groups attached to an aromatic ring is 1. The molecule has 0 saturated heterocycles. The van der Waals surface area contributed by atoms with Gasteiger partial charge in [-0.05, 0) is 48.7 Å². The summed E-state index contributed by atoms with van der Waals surface area (Å²) in [5.41, 5.74) is 9.00. The van der Waals surface area contributed by atoms with E-state index in [1.165, 1.54) is 0 Å². The summed E-state index contributed by atoms with van der Waals surface area (Å²) >= 11 is 0. The lowest BCUT2D eigenvalue weighted by Gasteiger charge is -2.07. The van der Waals surface area contributed by atoms with Crippen LogP contribution in [0.5, 0.6) is 5.75 Å². The molecule has 1 amide bonds. The minimum absolute atomic E-state index is 0.129. The van der Waals surface area contributed by atoms with Crippen molar-refractivity contribution in [3.05, 3.63) is 59.2 Å². The van der Waals surface area contributed by atoms with Crippen molar-refractivity contribution in [2.75, 3.05) is 12.3 Å². The zero-order valence-corrected chi connectivity index (χ0v) is 11.4. The highest BCUT2D eigenvalue weighted by Crippen LogP contribution is 2.13. The molecule has 0 unspecified atom stereocenters. The number of nitrogens with one attached hydrogen (secondary N) is 1. The minimum atomic E-state index is -0.129. The molecule has 0 radical (unpaired) electrons. The van der Waals surface area contributed by atoms with Crippen molar-refractivity contribution in [1.82, 2.24) is 5.32 Å². The molecule has 0 aliphatic rings. The van der Waals surface area contributed by atoms with Gasteiger partial charge in [0.2, 0.25) is 0 Å². The van der Waals surface area contributed by atoms with Crippen LogP contribution in [0, 0.1) is 6.92 Å². The Balaban J connectivity index is 1.88. The summed E-state index contributed by atoms with van der Waals surface area (Å²) in [5.74, 6) is 0.114. The maximum Gasteiger partial charge on any atom is 0.251 e. The van der Waals surface area contributed by atoms with Gasteiger partial charge >= 0.3 is 0 Å². The van der Waals surface area contributed by atoms with Gasteiger partial charge in [0.1, 0.15) is 5.75 Å². The Kier molecular flexibility index (Phi) is 4.25. The number of hydrogen-bond acceptors (Lipinski definition) is 3. The van der Waals surface area contributed by atoms with Gasteiger partial charge in [-0.1, -0.05) is 18.2 Å². The van der Waals surface area contributed by atoms with Gasteiger partial charge in [-0.25, -0.2) is 0 Å². The van der Waals surface area contributed by atoms with Crippen LogP contribution in [0.1, 0.15) is 21.5 Å². The molecule has 0 aromatic heterocycles. The van der Waals surface area contributed by atoms with Crippen LogP contribution in [0.3, 0.4) is 0 Å². The third-order valence-electron chi connectivity index (χ3n) is 3.18. The molecule has 0 saturated carbocycles. The summed E-state index contributed by atoms with van der Waals surface area (Å²) in [6, 6.07) is 12.2. The van der Waals surface area contributed by atoms with Gasteiger partial charge in [0.25, 0.3) is 5.91 Å². The number of anilines is 1. The maximum atomic E-state index is 11.9. The molecule has 4 nitrogen and oxygen atoms in total. The first kappa shape index (κ1) is 13.9. The van der Waals surface area contributed by atoms with Crippen LogP contribution in [0.4, 0.5) is 5.69 Å². The first-order valence-corrected chi connectivity index (χ1v) is 6.48. The number of carbonyl (C=O) groups is 1. The number of aryl methyl sites for hydroxylation is 1. The van der Waals surface area contributed by atoms with Gasteiger partial charge in [0.15, 0.2) is 0 Å². The number of nitrogens with two attached hydrogens (primary N) is 1. The van der Waals surface area contributed by atoms with Crippen LogP contribution >= 0.6 is 0 Å². The Morgan fingerprint density at radius 3 is 2.55 bits per heavy atom. The number of phenols is 1. The number of benzene rings is 2. The molecule has 0 heterocycles. The van der Waals surface area contributed by atoms with Crippen molar-refractivity contribution in [3.63, 3.8) is 0 Å². The number of rotatable bonds is 4. The van der Waals surface area contributed by atoms with Gasteiger partial charge in [0, 0.05) is 17.8 Å². The second-order valence-electron chi connectivity index (χ2n) is 4.74. The van der Waals surface area contributed by atoms with Crippen molar-refractivity contribution in [2.24, 2.45) is 0 Å². The van der Waals surface area contributed by atoms with Gasteiger partial charge in [-0.15, -0.1) is 0 Å². The molecule has 4 heteroatoms. The van der Waals surface area contributed by atoms with Gasteiger partial charge < -0.3 is 16.2 Å². The molecule has 4 N–H and O–H groups in total. The number of hydrogen-bond donors (Lipinski definition) is 3. The fourth-order valence-corrected chi connectivity index (χ4v) is 1.87. The Morgan fingerprint density at radius 1 is 1.20 bits per heavy atom. The van der Waals surface area contributed by atoms with Crippen LogP contribution in [0.25, 0.3) is 0 Å². The first-order chi connectivity index (χ1) is 9.56. The zero-order valence-electron chi connectivity index (χ0n) is 11.4. The van der Waals surface area contributed by atoms with Gasteiger partial charge in [-0.2, -0.15) is 0 Å². The standard InChI is InChI=1S/C16H18N2O2/c1-11-2-5-13(10-15(11)17)16(20)18-9-8-12-3-6-14(19)7-4-12/h2-7,10,19H,8-9,17H2,1H3,(H,18,20). The van der Waals surface area contributed by atoms with Crippen molar-refractivity contribution >= 4 is 11.6 Å². The molecule has 2 aromatic rings. The Morgan fingerprint density at radius 2 is 1.90 bits per heavy atom. The van der Waals surface area contributed by atoms with Crippen LogP contribution in [-0.4, -0.2) is 17.6 Å². The Bertz CT molecular complexity index is 606. The highest BCUT2D eigenvalue weighted by Gasteiger charge is 2.06. The van der Waals surface area contributed by atoms with Crippen LogP contribution in [0.2, 0.25) is 0 Å². The van der Waals surface area contributed by atoms with Crippen molar-refractivity contribution in [3.8, 4) is 5.75 Å². The highest BCUT2D eigenvalue weighted by atomic mass is 16.3. The zero-order chi connectivity index (χ0) is 14.5. The topological polar surface area (TPSA) is 75.3 Å². The molecule has 0 bridgehead atoms. The fraction of sp³-hybridized carbons (Fsp3) is 0.188. The molecule has 0 aliphatic carbocycles. The van der Waals surface area contributed by atoms with E-state index in [0.717, 1.165) is 11.1 Å². The molecule has 0 spiro atoms. The molecule has 0 fully saturated rings. The minimum Gasteiger partial charge on any atom is -0.508 e. The lowest BCUT2D eigenvalue weighted by Crippen LogP contribution is -2.25. The van der Waals surface area contributed by atoms with E-state index in [1.807, 2.05) is 25.1 Å². The fourth-order valence-electron chi connectivity index (χ4n) is 1.87. The molecule has 104 valence electrons. The average molecular weight is 270 g/mol. The van der Waals surface area contributed by atoms with Gasteiger partial charge in [-0.3, -0.25) is 4.79 Å². The summed E-state index contributed by atoms with van der Waals surface area (Å²) in [6.45, 7) is 2.44. The molecule has 20 heavy (non-hydrogen) atoms. The Labute approximate surface area is 118 Å². The van der Waals surface area contributed by atoms with Crippen LogP contribution in [0.15, 0.2) is 42.5 Å². The molecule has 0 atom stereocenters. The van der Waals surface area contributed by atoms with E-state index >= 15 is 0 Å². The third-order valence-corrected chi connectivity index (χ3v) is 3.18. The second-order valence-corrected chi connectivity index (χ2v) is 4.74. The SMILES string of the molecule is Cc1ccc(C(=O)NCCc2ccc(O)cc2)cc1N. The van der Waals surface area contributed by atoms with Crippen molar-refractivity contribution in [2.45, 2.75) is 13.3 Å². The number of aromatic hydroxyl groups is 1. The maximum absolute atomic E-state index is 11.9. The van der Waals surface area contributed by atoms with E-state index in [1.54, 1.807) is 24.3 Å². The summed E-state index contributed by atoms with van der Waals surface area (Å²) < 4.78 is 0. The van der Waals surface area contributed by atoms with E-state index < -0.39 is 0 Å². The van der Waals surface area contributed by atoms with Gasteiger partial charge in [0.05, 0.1) is 0 Å². The number of phenolic OH excluding ortho intramolecular Hbond substituents is 1. The van der Waals surface area contributed by atoms with E-state index in [4.69, 9.17) is 5.73 Å². The first-order valence-electron chi connectivity index (χ1n) is 6.48. The highest BCUT2D eigenvalue weighted by molar-refractivity contribution is 5.95. The quantitative estimate of drug-likeness (QED) is 0.746. The lowest BCUT2D eigenvalue weighted by molar-refractivity contribution is 0.0954. The monoisotopic (exact) mass is 270 g/mol. The van der Waals surface area contributed by atoms with E-state index in [0.29, 0.717) is 24.2 Å². The predicted octanol–water partition coefficient (Wildman–Crippen LogP) is 2.26. The predicted molar refractivity (Wildman–Crippen MR) is 79.7 cm³/mol. The molecular weight excluding hydrogens is 252 g/mol. The third kappa shape index (κ3) is 3.51. The van der Waals surface area contributed by atoms with Crippen molar-refractivity contribution < 1.29 is 9.90 Å². The summed E-state index contributed by atoms with van der Waals surface area (Å²) in [7, 11) is 0. The average Bonchev–Trinajstić information content (AvgIpc) is 2.44. The number of carbonyl (C=O) groups excluding carboxylic acids is 1. The molecule has 0 aliphatic heterocycles. The normalized spacial score (nSPS) is 10.2. The lowest BCUT2D eigenvalue weighted by atomic mass is 10.1. The van der Waals surface area contributed by atoms with E-state index in [-0.39, 0.29) is 11.7 Å².